The van der Waals surface area contributed by atoms with E-state index < -0.39 is 0 Å². The zero-order chi connectivity index (χ0) is 14.1. The van der Waals surface area contributed by atoms with Crippen LogP contribution in [0.2, 0.25) is 0 Å². The molecular formula is C14H22BrN5. The third-order valence-electron chi connectivity index (χ3n) is 4.65. The van der Waals surface area contributed by atoms with Gasteiger partial charge in [0.1, 0.15) is 22.4 Å². The molecule has 20 heavy (non-hydrogen) atoms. The molecule has 0 bridgehead atoms. The van der Waals surface area contributed by atoms with Crippen molar-refractivity contribution in [2.24, 2.45) is 5.92 Å². The Bertz CT molecular complexity index is 481. The van der Waals surface area contributed by atoms with Crippen molar-refractivity contribution in [1.29, 1.82) is 0 Å². The van der Waals surface area contributed by atoms with Crippen molar-refractivity contribution in [3.63, 3.8) is 0 Å². The van der Waals surface area contributed by atoms with Crippen molar-refractivity contribution in [3.05, 3.63) is 10.8 Å². The van der Waals surface area contributed by atoms with Gasteiger partial charge in [0.25, 0.3) is 0 Å². The number of likely N-dealkylation sites (tertiary alicyclic amines) is 1. The first-order valence-corrected chi connectivity index (χ1v) is 8.13. The Morgan fingerprint density at radius 2 is 2.15 bits per heavy atom. The minimum atomic E-state index is 0.754. The van der Waals surface area contributed by atoms with Crippen LogP contribution in [0.15, 0.2) is 10.8 Å². The average molecular weight is 340 g/mol. The molecule has 0 aromatic carbocycles. The Morgan fingerprint density at radius 3 is 2.95 bits per heavy atom. The van der Waals surface area contributed by atoms with Crippen molar-refractivity contribution < 1.29 is 0 Å². The zero-order valence-electron chi connectivity index (χ0n) is 12.1. The number of hydrogen-bond donors (Lipinski definition) is 1. The molecule has 3 rings (SSSR count). The van der Waals surface area contributed by atoms with Crippen LogP contribution in [0.3, 0.4) is 0 Å². The van der Waals surface area contributed by atoms with Crippen LogP contribution >= 0.6 is 15.9 Å². The minimum absolute atomic E-state index is 0.754. The largest absolute Gasteiger partial charge is 0.372 e. The fourth-order valence-electron chi connectivity index (χ4n) is 3.60. The van der Waals surface area contributed by atoms with Crippen LogP contribution in [0.4, 0.5) is 11.6 Å². The van der Waals surface area contributed by atoms with Gasteiger partial charge in [-0.1, -0.05) is 0 Å². The van der Waals surface area contributed by atoms with Crippen LogP contribution in [0.5, 0.6) is 0 Å². The number of hydrogen-bond acceptors (Lipinski definition) is 5. The summed E-state index contributed by atoms with van der Waals surface area (Å²) >= 11 is 3.64. The molecule has 5 nitrogen and oxygen atoms in total. The normalized spacial score (nSPS) is 27.2. The van der Waals surface area contributed by atoms with Gasteiger partial charge in [-0.3, -0.25) is 0 Å². The molecule has 0 spiro atoms. The van der Waals surface area contributed by atoms with Gasteiger partial charge < -0.3 is 15.1 Å². The molecule has 0 radical (unpaired) electrons. The Labute approximate surface area is 128 Å². The van der Waals surface area contributed by atoms with Crippen LogP contribution in [0.25, 0.3) is 0 Å². The van der Waals surface area contributed by atoms with Gasteiger partial charge in [0, 0.05) is 26.2 Å². The molecule has 2 aliphatic heterocycles. The molecule has 2 unspecified atom stereocenters. The Morgan fingerprint density at radius 1 is 1.30 bits per heavy atom. The molecule has 2 fully saturated rings. The van der Waals surface area contributed by atoms with E-state index in [-0.39, 0.29) is 0 Å². The van der Waals surface area contributed by atoms with Crippen LogP contribution in [0.1, 0.15) is 19.3 Å². The molecule has 1 aromatic rings. The fourth-order valence-corrected chi connectivity index (χ4v) is 4.25. The highest BCUT2D eigenvalue weighted by atomic mass is 79.9. The van der Waals surface area contributed by atoms with E-state index in [1.807, 2.05) is 7.05 Å². The number of nitrogens with zero attached hydrogens (tertiary/aromatic N) is 4. The number of nitrogens with one attached hydrogen (secondary N) is 1. The SMILES string of the molecule is CNc1ncnc(N2CCC3C(CCCN3C)C2)c1Br. The van der Waals surface area contributed by atoms with E-state index in [9.17, 15) is 0 Å². The van der Waals surface area contributed by atoms with Gasteiger partial charge in [0.15, 0.2) is 0 Å². The van der Waals surface area contributed by atoms with E-state index in [1.165, 1.54) is 25.8 Å². The smallest absolute Gasteiger partial charge is 0.148 e. The predicted molar refractivity (Wildman–Crippen MR) is 85.3 cm³/mol. The molecular weight excluding hydrogens is 318 g/mol. The summed E-state index contributed by atoms with van der Waals surface area (Å²) in [6, 6.07) is 0.754. The Kier molecular flexibility index (Phi) is 4.12. The summed E-state index contributed by atoms with van der Waals surface area (Å²) < 4.78 is 0.977. The minimum Gasteiger partial charge on any atom is -0.372 e. The molecule has 1 aromatic heterocycles. The summed E-state index contributed by atoms with van der Waals surface area (Å²) in [6.45, 7) is 3.43. The summed E-state index contributed by atoms with van der Waals surface area (Å²) in [5.41, 5.74) is 0. The molecule has 0 amide bonds. The molecule has 2 saturated heterocycles. The van der Waals surface area contributed by atoms with E-state index in [1.54, 1.807) is 6.33 Å². The lowest BCUT2D eigenvalue weighted by molar-refractivity contribution is 0.102. The first-order valence-electron chi connectivity index (χ1n) is 7.34. The maximum atomic E-state index is 4.48. The first-order chi connectivity index (χ1) is 9.70. The average Bonchev–Trinajstić information content (AvgIpc) is 2.47. The van der Waals surface area contributed by atoms with Gasteiger partial charge in [-0.15, -0.1) is 0 Å². The molecule has 2 atom stereocenters. The molecule has 6 heteroatoms. The first kappa shape index (κ1) is 14.1. The van der Waals surface area contributed by atoms with Gasteiger partial charge in [0.2, 0.25) is 0 Å². The van der Waals surface area contributed by atoms with Crippen LogP contribution in [-0.2, 0) is 0 Å². The van der Waals surface area contributed by atoms with Crippen LogP contribution < -0.4 is 10.2 Å². The highest BCUT2D eigenvalue weighted by Crippen LogP contribution is 2.35. The summed E-state index contributed by atoms with van der Waals surface area (Å²) in [5, 5.41) is 3.11. The monoisotopic (exact) mass is 339 g/mol. The topological polar surface area (TPSA) is 44.3 Å². The number of anilines is 2. The maximum Gasteiger partial charge on any atom is 0.148 e. The number of rotatable bonds is 2. The van der Waals surface area contributed by atoms with E-state index >= 15 is 0 Å². The quantitative estimate of drug-likeness (QED) is 0.894. The molecule has 1 N–H and O–H groups in total. The lowest BCUT2D eigenvalue weighted by atomic mass is 9.84. The number of aromatic nitrogens is 2. The third kappa shape index (κ3) is 2.51. The Hall–Kier alpha value is -0.880. The van der Waals surface area contributed by atoms with Crippen LogP contribution in [0, 0.1) is 5.92 Å². The van der Waals surface area contributed by atoms with Crippen molar-refractivity contribution in [3.8, 4) is 0 Å². The molecule has 110 valence electrons. The Balaban J connectivity index is 1.79. The van der Waals surface area contributed by atoms with Crippen molar-refractivity contribution in [2.45, 2.75) is 25.3 Å². The third-order valence-corrected chi connectivity index (χ3v) is 5.38. The van der Waals surface area contributed by atoms with E-state index in [0.717, 1.165) is 41.2 Å². The second-order valence-corrected chi connectivity index (χ2v) is 6.59. The lowest BCUT2D eigenvalue weighted by Crippen LogP contribution is -2.53. The number of piperidine rings is 2. The van der Waals surface area contributed by atoms with E-state index in [2.05, 4.69) is 48.1 Å². The highest BCUT2D eigenvalue weighted by Gasteiger charge is 2.35. The van der Waals surface area contributed by atoms with E-state index in [4.69, 9.17) is 0 Å². The van der Waals surface area contributed by atoms with Crippen molar-refractivity contribution in [1.82, 2.24) is 14.9 Å². The van der Waals surface area contributed by atoms with E-state index in [0.29, 0.717) is 0 Å². The maximum absolute atomic E-state index is 4.48. The summed E-state index contributed by atoms with van der Waals surface area (Å²) in [6.07, 6.45) is 5.53. The van der Waals surface area contributed by atoms with Crippen molar-refractivity contribution in [2.75, 3.05) is 43.9 Å². The molecule has 3 heterocycles. The number of fused-ring (bicyclic) bond motifs is 1. The van der Waals surface area contributed by atoms with Gasteiger partial charge in [-0.25, -0.2) is 9.97 Å². The van der Waals surface area contributed by atoms with Crippen LogP contribution in [-0.4, -0.2) is 54.6 Å². The zero-order valence-corrected chi connectivity index (χ0v) is 13.7. The van der Waals surface area contributed by atoms with Gasteiger partial charge in [-0.2, -0.15) is 0 Å². The van der Waals surface area contributed by atoms with Gasteiger partial charge in [0.05, 0.1) is 0 Å². The fraction of sp³-hybridized carbons (Fsp3) is 0.714. The predicted octanol–water partition coefficient (Wildman–Crippen LogP) is 2.20. The molecule has 0 aliphatic carbocycles. The molecule has 0 saturated carbocycles. The second-order valence-electron chi connectivity index (χ2n) is 5.79. The van der Waals surface area contributed by atoms with Gasteiger partial charge in [-0.05, 0) is 54.7 Å². The van der Waals surface area contributed by atoms with Crippen molar-refractivity contribution >= 4 is 27.6 Å². The second kappa shape index (κ2) is 5.85. The summed E-state index contributed by atoms with van der Waals surface area (Å²) in [7, 11) is 4.16. The number of halogens is 1. The standard InChI is InChI=1S/C14H22BrN5/c1-16-13-12(15)14(18-9-17-13)20-7-5-11-10(8-20)4-3-6-19(11)2/h9-11H,3-8H2,1-2H3,(H,16,17,18). The highest BCUT2D eigenvalue weighted by molar-refractivity contribution is 9.10. The summed E-state index contributed by atoms with van der Waals surface area (Å²) in [5.74, 6) is 2.65. The van der Waals surface area contributed by atoms with Gasteiger partial charge >= 0.3 is 0 Å². The lowest BCUT2D eigenvalue weighted by Gasteiger charge is -2.46. The molecule has 2 aliphatic rings. The summed E-state index contributed by atoms with van der Waals surface area (Å²) in [4.78, 5) is 13.7.